The zero-order chi connectivity index (χ0) is 12.8. The quantitative estimate of drug-likeness (QED) is 0.842. The van der Waals surface area contributed by atoms with E-state index >= 15 is 0 Å². The average Bonchev–Trinajstić information content (AvgIpc) is 2.28. The van der Waals surface area contributed by atoms with E-state index in [1.165, 1.54) is 12.8 Å². The Morgan fingerprint density at radius 1 is 1.39 bits per heavy atom. The summed E-state index contributed by atoms with van der Waals surface area (Å²) < 4.78 is 0. The minimum Gasteiger partial charge on any atom is -0.325 e. The van der Waals surface area contributed by atoms with Crippen molar-refractivity contribution in [3.05, 3.63) is 24.0 Å². The summed E-state index contributed by atoms with van der Waals surface area (Å²) >= 11 is 0. The van der Waals surface area contributed by atoms with E-state index in [2.05, 4.69) is 15.6 Å². The van der Waals surface area contributed by atoms with Crippen molar-refractivity contribution >= 4 is 11.6 Å². The second-order valence-electron chi connectivity index (χ2n) is 4.88. The second-order valence-corrected chi connectivity index (χ2v) is 4.88. The van der Waals surface area contributed by atoms with Crippen LogP contribution in [-0.4, -0.2) is 23.5 Å². The normalized spacial score (nSPS) is 20.8. The maximum Gasteiger partial charge on any atom is 0.241 e. The van der Waals surface area contributed by atoms with E-state index in [1.807, 2.05) is 19.1 Å². The van der Waals surface area contributed by atoms with Crippen LogP contribution in [-0.2, 0) is 4.79 Å². The number of carbonyl (C=O) groups is 1. The average molecular weight is 247 g/mol. The lowest BCUT2D eigenvalue weighted by molar-refractivity contribution is -0.118. The van der Waals surface area contributed by atoms with Gasteiger partial charge in [-0.05, 0) is 38.4 Å². The number of pyridine rings is 1. The maximum absolute atomic E-state index is 12.1. The van der Waals surface area contributed by atoms with E-state index in [9.17, 15) is 4.79 Å². The summed E-state index contributed by atoms with van der Waals surface area (Å²) in [6, 6.07) is 3.66. The van der Waals surface area contributed by atoms with Crippen molar-refractivity contribution < 1.29 is 4.79 Å². The Bertz CT molecular complexity index is 398. The molecule has 0 aromatic carbocycles. The molecule has 0 bridgehead atoms. The molecular weight excluding hydrogens is 226 g/mol. The van der Waals surface area contributed by atoms with Crippen molar-refractivity contribution in [2.75, 3.05) is 11.9 Å². The van der Waals surface area contributed by atoms with E-state index in [4.69, 9.17) is 0 Å². The fourth-order valence-electron chi connectivity index (χ4n) is 2.28. The van der Waals surface area contributed by atoms with Gasteiger partial charge in [0.2, 0.25) is 5.91 Å². The van der Waals surface area contributed by atoms with Crippen molar-refractivity contribution in [3.63, 3.8) is 0 Å². The number of anilines is 1. The topological polar surface area (TPSA) is 54.0 Å². The number of amides is 1. The molecule has 0 saturated carbocycles. The van der Waals surface area contributed by atoms with Gasteiger partial charge in [0.15, 0.2) is 0 Å². The zero-order valence-electron chi connectivity index (χ0n) is 10.9. The summed E-state index contributed by atoms with van der Waals surface area (Å²) in [6.45, 7) is 2.86. The lowest BCUT2D eigenvalue weighted by Crippen LogP contribution is -2.41. The summed E-state index contributed by atoms with van der Waals surface area (Å²) in [5.41, 5.74) is 1.75. The van der Waals surface area contributed by atoms with E-state index in [1.54, 1.807) is 6.20 Å². The summed E-state index contributed by atoms with van der Waals surface area (Å²) in [4.78, 5) is 16.3. The molecule has 4 heteroatoms. The fraction of sp³-hybridized carbons (Fsp3) is 0.571. The molecule has 2 heterocycles. The predicted octanol–water partition coefficient (Wildman–Crippen LogP) is 2.25. The molecule has 0 aliphatic carbocycles. The zero-order valence-corrected chi connectivity index (χ0v) is 10.9. The van der Waals surface area contributed by atoms with Gasteiger partial charge in [0.1, 0.15) is 0 Å². The number of nitrogens with one attached hydrogen (secondary N) is 2. The lowest BCUT2D eigenvalue weighted by Gasteiger charge is -2.20. The summed E-state index contributed by atoms with van der Waals surface area (Å²) in [5.74, 6) is 0.0718. The van der Waals surface area contributed by atoms with Crippen LogP contribution in [0, 0.1) is 6.92 Å². The molecule has 1 aliphatic heterocycles. The first-order valence-corrected chi connectivity index (χ1v) is 6.72. The van der Waals surface area contributed by atoms with Gasteiger partial charge in [0.05, 0.1) is 6.04 Å². The standard InChI is InChI=1S/C14H21N3O/c1-11-10-12(7-9-15-11)17-14(18)13-6-4-2-3-5-8-16-13/h7,9-10,13,16H,2-6,8H2,1H3,(H,15,17,18). The molecule has 18 heavy (non-hydrogen) atoms. The largest absolute Gasteiger partial charge is 0.325 e. The first-order chi connectivity index (χ1) is 8.75. The second kappa shape index (κ2) is 6.50. The van der Waals surface area contributed by atoms with Crippen LogP contribution in [0.15, 0.2) is 18.3 Å². The summed E-state index contributed by atoms with van der Waals surface area (Å²) in [5, 5.41) is 6.29. The molecule has 1 aromatic heterocycles. The molecule has 4 nitrogen and oxygen atoms in total. The van der Waals surface area contributed by atoms with Gasteiger partial charge in [-0.2, -0.15) is 0 Å². The van der Waals surface area contributed by atoms with Crippen molar-refractivity contribution in [1.29, 1.82) is 0 Å². The number of hydrogen-bond donors (Lipinski definition) is 2. The minimum atomic E-state index is -0.0567. The number of aryl methyl sites for hydroxylation is 1. The smallest absolute Gasteiger partial charge is 0.241 e. The molecule has 0 radical (unpaired) electrons. The minimum absolute atomic E-state index is 0.0567. The number of hydrogen-bond acceptors (Lipinski definition) is 3. The molecule has 1 aliphatic rings. The van der Waals surface area contributed by atoms with Crippen LogP contribution in [0.2, 0.25) is 0 Å². The van der Waals surface area contributed by atoms with Crippen LogP contribution >= 0.6 is 0 Å². The fourth-order valence-corrected chi connectivity index (χ4v) is 2.28. The Hall–Kier alpha value is -1.42. The molecular formula is C14H21N3O. The van der Waals surface area contributed by atoms with Gasteiger partial charge in [-0.1, -0.05) is 19.3 Å². The van der Waals surface area contributed by atoms with E-state index in [-0.39, 0.29) is 11.9 Å². The predicted molar refractivity (Wildman–Crippen MR) is 72.5 cm³/mol. The molecule has 1 aromatic rings. The van der Waals surface area contributed by atoms with Crippen molar-refractivity contribution in [3.8, 4) is 0 Å². The Kier molecular flexibility index (Phi) is 4.70. The van der Waals surface area contributed by atoms with Gasteiger partial charge in [0, 0.05) is 17.6 Å². The van der Waals surface area contributed by atoms with Gasteiger partial charge in [-0.3, -0.25) is 9.78 Å². The van der Waals surface area contributed by atoms with Gasteiger partial charge in [0.25, 0.3) is 0 Å². The highest BCUT2D eigenvalue weighted by Crippen LogP contribution is 2.12. The highest BCUT2D eigenvalue weighted by atomic mass is 16.2. The molecule has 2 rings (SSSR count). The highest BCUT2D eigenvalue weighted by Gasteiger charge is 2.18. The van der Waals surface area contributed by atoms with Crippen LogP contribution in [0.3, 0.4) is 0 Å². The van der Waals surface area contributed by atoms with Crippen molar-refractivity contribution in [1.82, 2.24) is 10.3 Å². The molecule has 1 atom stereocenters. The Labute approximate surface area is 108 Å². The van der Waals surface area contributed by atoms with Gasteiger partial charge in [-0.15, -0.1) is 0 Å². The first kappa shape index (κ1) is 13.0. The van der Waals surface area contributed by atoms with Crippen LogP contribution < -0.4 is 10.6 Å². The third kappa shape index (κ3) is 3.81. The van der Waals surface area contributed by atoms with Crippen molar-refractivity contribution in [2.24, 2.45) is 0 Å². The van der Waals surface area contributed by atoms with Crippen molar-refractivity contribution in [2.45, 2.75) is 45.1 Å². The van der Waals surface area contributed by atoms with Gasteiger partial charge >= 0.3 is 0 Å². The van der Waals surface area contributed by atoms with E-state index in [0.717, 1.165) is 37.2 Å². The molecule has 98 valence electrons. The third-order valence-corrected chi connectivity index (χ3v) is 3.29. The van der Waals surface area contributed by atoms with Crippen LogP contribution in [0.25, 0.3) is 0 Å². The van der Waals surface area contributed by atoms with Crippen LogP contribution in [0.1, 0.15) is 37.8 Å². The molecule has 1 saturated heterocycles. The lowest BCUT2D eigenvalue weighted by atomic mass is 10.0. The van der Waals surface area contributed by atoms with Crippen LogP contribution in [0.4, 0.5) is 5.69 Å². The summed E-state index contributed by atoms with van der Waals surface area (Å²) in [7, 11) is 0. The van der Waals surface area contributed by atoms with E-state index < -0.39 is 0 Å². The number of rotatable bonds is 2. The Balaban J connectivity index is 1.93. The molecule has 0 spiro atoms. The van der Waals surface area contributed by atoms with Crippen LogP contribution in [0.5, 0.6) is 0 Å². The highest BCUT2D eigenvalue weighted by molar-refractivity contribution is 5.94. The maximum atomic E-state index is 12.1. The number of aromatic nitrogens is 1. The monoisotopic (exact) mass is 247 g/mol. The van der Waals surface area contributed by atoms with Gasteiger partial charge in [-0.25, -0.2) is 0 Å². The first-order valence-electron chi connectivity index (χ1n) is 6.72. The van der Waals surface area contributed by atoms with E-state index in [0.29, 0.717) is 0 Å². The Morgan fingerprint density at radius 2 is 2.22 bits per heavy atom. The molecule has 1 fully saturated rings. The summed E-state index contributed by atoms with van der Waals surface area (Å²) in [6.07, 6.45) is 7.44. The molecule has 1 amide bonds. The third-order valence-electron chi connectivity index (χ3n) is 3.29. The Morgan fingerprint density at radius 3 is 3.06 bits per heavy atom. The molecule has 2 N–H and O–H groups in total. The molecule has 1 unspecified atom stereocenters. The SMILES string of the molecule is Cc1cc(NC(=O)C2CCCCCCN2)ccn1. The van der Waals surface area contributed by atoms with Gasteiger partial charge < -0.3 is 10.6 Å². The number of nitrogens with zero attached hydrogens (tertiary/aromatic N) is 1. The number of carbonyl (C=O) groups excluding carboxylic acids is 1.